The lowest BCUT2D eigenvalue weighted by atomic mass is 9.90. The normalized spacial score (nSPS) is 30.4. The first-order valence-electron chi connectivity index (χ1n) is 7.55. The number of hydrogen-bond acceptors (Lipinski definition) is 4. The van der Waals surface area contributed by atoms with Crippen LogP contribution in [0.3, 0.4) is 0 Å². The number of likely N-dealkylation sites (N-methyl/N-ethyl adjacent to an activating group) is 1. The Balaban J connectivity index is 1.76. The van der Waals surface area contributed by atoms with Gasteiger partial charge in [0.15, 0.2) is 0 Å². The molecule has 2 aliphatic heterocycles. The van der Waals surface area contributed by atoms with Gasteiger partial charge in [-0.05, 0) is 19.9 Å². The molecule has 0 bridgehead atoms. The summed E-state index contributed by atoms with van der Waals surface area (Å²) in [6.07, 6.45) is 0.510. The van der Waals surface area contributed by atoms with Crippen molar-refractivity contribution in [3.05, 3.63) is 0 Å². The van der Waals surface area contributed by atoms with E-state index in [1.165, 1.54) is 0 Å². The molecule has 2 fully saturated rings. The third-order valence-corrected chi connectivity index (χ3v) is 4.43. The first-order chi connectivity index (χ1) is 9.94. The molecule has 21 heavy (non-hydrogen) atoms. The lowest BCUT2D eigenvalue weighted by Gasteiger charge is -2.32. The van der Waals surface area contributed by atoms with Gasteiger partial charge in [-0.25, -0.2) is 4.79 Å². The molecule has 2 amide bonds. The highest BCUT2D eigenvalue weighted by Crippen LogP contribution is 2.29. The van der Waals surface area contributed by atoms with Crippen LogP contribution in [0.4, 0.5) is 4.79 Å². The maximum absolute atomic E-state index is 12.1. The van der Waals surface area contributed by atoms with E-state index in [1.807, 2.05) is 0 Å². The Morgan fingerprint density at radius 2 is 2.19 bits per heavy atom. The van der Waals surface area contributed by atoms with E-state index in [2.05, 4.69) is 17.1 Å². The second-order valence-corrected chi connectivity index (χ2v) is 6.11. The minimum Gasteiger partial charge on any atom is -0.481 e. The molecule has 0 aromatic heterocycles. The summed E-state index contributed by atoms with van der Waals surface area (Å²) in [5.41, 5.74) is -0.822. The van der Waals surface area contributed by atoms with Gasteiger partial charge in [-0.3, -0.25) is 9.69 Å². The van der Waals surface area contributed by atoms with E-state index in [9.17, 15) is 14.7 Å². The summed E-state index contributed by atoms with van der Waals surface area (Å²) in [5.74, 6) is -0.841. The molecule has 2 unspecified atom stereocenters. The van der Waals surface area contributed by atoms with Crippen molar-refractivity contribution in [1.29, 1.82) is 0 Å². The van der Waals surface area contributed by atoms with Gasteiger partial charge in [0, 0.05) is 32.7 Å². The number of ether oxygens (including phenoxy) is 1. The third-order valence-electron chi connectivity index (χ3n) is 4.43. The molecule has 0 aromatic rings. The zero-order valence-corrected chi connectivity index (χ0v) is 12.8. The second-order valence-electron chi connectivity index (χ2n) is 6.11. The molecule has 2 heterocycles. The summed E-state index contributed by atoms with van der Waals surface area (Å²) < 4.78 is 5.63. The smallest absolute Gasteiger partial charge is 0.317 e. The number of hydrogen-bond donors (Lipinski definition) is 2. The van der Waals surface area contributed by atoms with Crippen molar-refractivity contribution in [2.75, 3.05) is 45.9 Å². The summed E-state index contributed by atoms with van der Waals surface area (Å²) in [6, 6.07) is -0.197. The minimum atomic E-state index is -0.841. The summed E-state index contributed by atoms with van der Waals surface area (Å²) >= 11 is 0. The lowest BCUT2D eigenvalue weighted by molar-refractivity contribution is -0.147. The zero-order valence-electron chi connectivity index (χ0n) is 12.8. The van der Waals surface area contributed by atoms with Crippen molar-refractivity contribution < 1.29 is 19.4 Å². The fraction of sp³-hybridized carbons (Fsp3) is 0.857. The summed E-state index contributed by atoms with van der Waals surface area (Å²) in [5, 5.41) is 12.0. The van der Waals surface area contributed by atoms with Crippen LogP contribution in [0.25, 0.3) is 0 Å². The zero-order chi connectivity index (χ0) is 15.5. The Bertz CT molecular complexity index is 404. The maximum Gasteiger partial charge on any atom is 0.317 e. The number of aliphatic carboxylic acids is 1. The van der Waals surface area contributed by atoms with Crippen molar-refractivity contribution in [2.45, 2.75) is 26.4 Å². The first-order valence-corrected chi connectivity index (χ1v) is 7.55. The number of likely N-dealkylation sites (tertiary alicyclic amines) is 1. The molecule has 7 nitrogen and oxygen atoms in total. The Hall–Kier alpha value is -1.34. The highest BCUT2D eigenvalue weighted by atomic mass is 16.5. The van der Waals surface area contributed by atoms with Crippen molar-refractivity contribution in [3.8, 4) is 0 Å². The number of urea groups is 1. The molecule has 2 aliphatic rings. The fourth-order valence-electron chi connectivity index (χ4n) is 2.81. The largest absolute Gasteiger partial charge is 0.481 e. The summed E-state index contributed by atoms with van der Waals surface area (Å²) in [4.78, 5) is 27.2. The van der Waals surface area contributed by atoms with Crippen LogP contribution in [-0.2, 0) is 9.53 Å². The number of carbonyl (C=O) groups is 2. The first kappa shape index (κ1) is 16.0. The van der Waals surface area contributed by atoms with E-state index in [0.29, 0.717) is 26.1 Å². The van der Waals surface area contributed by atoms with Crippen LogP contribution in [-0.4, -0.2) is 78.9 Å². The number of carboxylic acids is 1. The molecule has 0 saturated carbocycles. The third kappa shape index (κ3) is 3.85. The van der Waals surface area contributed by atoms with Crippen molar-refractivity contribution >= 4 is 12.0 Å². The molecule has 7 heteroatoms. The van der Waals surface area contributed by atoms with Crippen LogP contribution in [0.5, 0.6) is 0 Å². The van der Waals surface area contributed by atoms with Gasteiger partial charge in [0.25, 0.3) is 0 Å². The van der Waals surface area contributed by atoms with E-state index in [0.717, 1.165) is 19.6 Å². The Kier molecular flexibility index (Phi) is 5.05. The predicted molar refractivity (Wildman–Crippen MR) is 77.2 cm³/mol. The van der Waals surface area contributed by atoms with Gasteiger partial charge < -0.3 is 20.1 Å². The van der Waals surface area contributed by atoms with E-state index in [1.54, 1.807) is 11.8 Å². The van der Waals surface area contributed by atoms with Gasteiger partial charge in [-0.2, -0.15) is 0 Å². The highest BCUT2D eigenvalue weighted by Gasteiger charge is 2.42. The molecule has 2 N–H and O–H groups in total. The van der Waals surface area contributed by atoms with E-state index in [4.69, 9.17) is 4.74 Å². The monoisotopic (exact) mass is 299 g/mol. The molecule has 0 spiro atoms. The van der Waals surface area contributed by atoms with Gasteiger partial charge in [0.1, 0.15) is 0 Å². The molecule has 0 aromatic carbocycles. The van der Waals surface area contributed by atoms with E-state index in [-0.39, 0.29) is 18.7 Å². The fourth-order valence-corrected chi connectivity index (χ4v) is 2.81. The van der Waals surface area contributed by atoms with E-state index >= 15 is 0 Å². The SMILES string of the molecule is CCN1CCOC(CNC(=O)N2CCC(C)(C(=O)O)C2)C1. The number of nitrogens with zero attached hydrogens (tertiary/aromatic N) is 2. The quantitative estimate of drug-likeness (QED) is 0.775. The number of carboxylic acid groups (broad SMARTS) is 1. The minimum absolute atomic E-state index is 0.0103. The summed E-state index contributed by atoms with van der Waals surface area (Å²) in [6.45, 7) is 8.45. The number of morpholine rings is 1. The van der Waals surface area contributed by atoms with Crippen LogP contribution in [0, 0.1) is 5.41 Å². The maximum atomic E-state index is 12.1. The molecule has 2 saturated heterocycles. The number of rotatable bonds is 4. The van der Waals surface area contributed by atoms with Crippen LogP contribution >= 0.6 is 0 Å². The lowest BCUT2D eigenvalue weighted by Crippen LogP contribution is -2.49. The van der Waals surface area contributed by atoms with Gasteiger partial charge in [-0.15, -0.1) is 0 Å². The summed E-state index contributed by atoms with van der Waals surface area (Å²) in [7, 11) is 0. The predicted octanol–water partition coefficient (Wildman–Crippen LogP) is 0.213. The van der Waals surface area contributed by atoms with Gasteiger partial charge in [-0.1, -0.05) is 6.92 Å². The second kappa shape index (κ2) is 6.62. The molecule has 2 rings (SSSR count). The van der Waals surface area contributed by atoms with E-state index < -0.39 is 11.4 Å². The average molecular weight is 299 g/mol. The molecular weight excluding hydrogens is 274 g/mol. The van der Waals surface area contributed by atoms with Crippen molar-refractivity contribution in [1.82, 2.24) is 15.1 Å². The van der Waals surface area contributed by atoms with Crippen LogP contribution in [0.1, 0.15) is 20.3 Å². The van der Waals surface area contributed by atoms with Crippen LogP contribution < -0.4 is 5.32 Å². The standard InChI is InChI=1S/C14H25N3O4/c1-3-16-6-7-21-11(9-16)8-15-13(20)17-5-4-14(2,10-17)12(18)19/h11H,3-10H2,1-2H3,(H,15,20)(H,18,19). The van der Waals surface area contributed by atoms with Crippen LogP contribution in [0.15, 0.2) is 0 Å². The van der Waals surface area contributed by atoms with Crippen LogP contribution in [0.2, 0.25) is 0 Å². The molecule has 0 aliphatic carbocycles. The average Bonchev–Trinajstić information content (AvgIpc) is 2.89. The molecule has 0 radical (unpaired) electrons. The Morgan fingerprint density at radius 3 is 2.81 bits per heavy atom. The highest BCUT2D eigenvalue weighted by molar-refractivity contribution is 5.79. The molecule has 120 valence electrons. The van der Waals surface area contributed by atoms with Gasteiger partial charge in [0.2, 0.25) is 0 Å². The van der Waals surface area contributed by atoms with Crippen molar-refractivity contribution in [3.63, 3.8) is 0 Å². The molecule has 2 atom stereocenters. The Morgan fingerprint density at radius 1 is 1.43 bits per heavy atom. The topological polar surface area (TPSA) is 82.1 Å². The number of carbonyl (C=O) groups excluding carboxylic acids is 1. The van der Waals surface area contributed by atoms with Gasteiger partial charge >= 0.3 is 12.0 Å². The number of amides is 2. The number of nitrogens with one attached hydrogen (secondary N) is 1. The Labute approximate surface area is 125 Å². The van der Waals surface area contributed by atoms with Crippen molar-refractivity contribution in [2.24, 2.45) is 5.41 Å². The molecular formula is C14H25N3O4. The van der Waals surface area contributed by atoms with Gasteiger partial charge in [0.05, 0.1) is 18.1 Å².